The van der Waals surface area contributed by atoms with Crippen LogP contribution in [0.25, 0.3) is 0 Å². The number of hydrogen-bond donors (Lipinski definition) is 1. The molecule has 1 aliphatic heterocycles. The SMILES string of the molecule is ClCC(CC1=NCCN1)c1c(Cl)cccc1Cl. The molecule has 0 aliphatic carbocycles. The minimum atomic E-state index is 0.0993. The van der Waals surface area contributed by atoms with Crippen molar-refractivity contribution in [1.29, 1.82) is 0 Å². The minimum Gasteiger partial charge on any atom is -0.372 e. The van der Waals surface area contributed by atoms with E-state index in [0.29, 0.717) is 15.9 Å². The van der Waals surface area contributed by atoms with E-state index in [1.165, 1.54) is 0 Å². The molecule has 0 aromatic heterocycles. The Morgan fingerprint density at radius 3 is 2.53 bits per heavy atom. The molecular weight excluding hydrogens is 279 g/mol. The Morgan fingerprint density at radius 1 is 1.29 bits per heavy atom. The zero-order valence-electron chi connectivity index (χ0n) is 9.22. The van der Waals surface area contributed by atoms with Crippen molar-refractivity contribution < 1.29 is 0 Å². The Kier molecular flexibility index (Phi) is 4.55. The third-order valence-corrected chi connectivity index (χ3v) is 3.81. The van der Waals surface area contributed by atoms with Gasteiger partial charge < -0.3 is 5.32 Å². The molecule has 0 radical (unpaired) electrons. The van der Waals surface area contributed by atoms with E-state index in [0.717, 1.165) is 30.9 Å². The van der Waals surface area contributed by atoms with Crippen molar-refractivity contribution in [2.45, 2.75) is 12.3 Å². The van der Waals surface area contributed by atoms with Gasteiger partial charge in [-0.1, -0.05) is 29.3 Å². The summed E-state index contributed by atoms with van der Waals surface area (Å²) >= 11 is 18.4. The molecular formula is C12H13Cl3N2. The van der Waals surface area contributed by atoms with Gasteiger partial charge >= 0.3 is 0 Å². The number of halogens is 3. The van der Waals surface area contributed by atoms with Crippen LogP contribution in [0.1, 0.15) is 17.9 Å². The number of alkyl halides is 1. The van der Waals surface area contributed by atoms with Gasteiger partial charge in [0.25, 0.3) is 0 Å². The van der Waals surface area contributed by atoms with Gasteiger partial charge in [0, 0.05) is 34.8 Å². The Bertz CT molecular complexity index is 412. The molecule has 2 nitrogen and oxygen atoms in total. The molecule has 1 aliphatic rings. The van der Waals surface area contributed by atoms with Gasteiger partial charge in [-0.15, -0.1) is 11.6 Å². The highest BCUT2D eigenvalue weighted by atomic mass is 35.5. The van der Waals surface area contributed by atoms with Crippen LogP contribution in [0.3, 0.4) is 0 Å². The van der Waals surface area contributed by atoms with Crippen molar-refractivity contribution in [1.82, 2.24) is 5.32 Å². The molecule has 2 rings (SSSR count). The number of nitrogens with one attached hydrogen (secondary N) is 1. The van der Waals surface area contributed by atoms with E-state index in [2.05, 4.69) is 10.3 Å². The average molecular weight is 292 g/mol. The second kappa shape index (κ2) is 5.94. The lowest BCUT2D eigenvalue weighted by Gasteiger charge is -2.17. The van der Waals surface area contributed by atoms with Crippen LogP contribution in [0.15, 0.2) is 23.2 Å². The van der Waals surface area contributed by atoms with Crippen LogP contribution in [0.2, 0.25) is 10.0 Å². The Hall–Kier alpha value is -0.440. The first kappa shape index (κ1) is 13.0. The molecule has 92 valence electrons. The summed E-state index contributed by atoms with van der Waals surface area (Å²) in [6.45, 7) is 1.74. The van der Waals surface area contributed by atoms with E-state index in [9.17, 15) is 0 Å². The van der Waals surface area contributed by atoms with Crippen LogP contribution in [-0.2, 0) is 0 Å². The van der Waals surface area contributed by atoms with E-state index >= 15 is 0 Å². The zero-order valence-corrected chi connectivity index (χ0v) is 11.5. The van der Waals surface area contributed by atoms with Gasteiger partial charge in [0.2, 0.25) is 0 Å². The Labute approximate surface area is 116 Å². The summed E-state index contributed by atoms with van der Waals surface area (Å²) in [6.07, 6.45) is 0.757. The normalized spacial score (nSPS) is 16.5. The standard InChI is InChI=1S/C12H13Cl3N2/c13-7-8(6-11-16-4-5-17-11)12-9(14)2-1-3-10(12)15/h1-3,8H,4-7H2,(H,16,17). The van der Waals surface area contributed by atoms with E-state index in [-0.39, 0.29) is 5.92 Å². The molecule has 0 amide bonds. The van der Waals surface area contributed by atoms with Crippen molar-refractivity contribution in [2.24, 2.45) is 4.99 Å². The highest BCUT2D eigenvalue weighted by molar-refractivity contribution is 6.36. The van der Waals surface area contributed by atoms with Crippen molar-refractivity contribution in [3.05, 3.63) is 33.8 Å². The van der Waals surface area contributed by atoms with Gasteiger partial charge in [-0.2, -0.15) is 0 Å². The number of nitrogens with zero attached hydrogens (tertiary/aromatic N) is 1. The fourth-order valence-corrected chi connectivity index (χ4v) is 2.92. The lowest BCUT2D eigenvalue weighted by atomic mass is 9.97. The van der Waals surface area contributed by atoms with Gasteiger partial charge in [-0.25, -0.2) is 0 Å². The van der Waals surface area contributed by atoms with Crippen molar-refractivity contribution in [3.8, 4) is 0 Å². The maximum Gasteiger partial charge on any atom is 0.0971 e. The van der Waals surface area contributed by atoms with E-state index in [4.69, 9.17) is 34.8 Å². The maximum absolute atomic E-state index is 6.19. The minimum absolute atomic E-state index is 0.0993. The van der Waals surface area contributed by atoms with Crippen LogP contribution < -0.4 is 5.32 Å². The van der Waals surface area contributed by atoms with Crippen molar-refractivity contribution in [3.63, 3.8) is 0 Å². The molecule has 17 heavy (non-hydrogen) atoms. The smallest absolute Gasteiger partial charge is 0.0971 e. The second-order valence-corrected chi connectivity index (χ2v) is 5.07. The summed E-state index contributed by atoms with van der Waals surface area (Å²) in [6, 6.07) is 5.52. The van der Waals surface area contributed by atoms with Crippen LogP contribution in [0.4, 0.5) is 0 Å². The molecule has 1 unspecified atom stereocenters. The van der Waals surface area contributed by atoms with Gasteiger partial charge in [-0.05, 0) is 17.7 Å². The predicted octanol–water partition coefficient (Wildman–Crippen LogP) is 3.71. The number of amidine groups is 1. The summed E-state index contributed by atoms with van der Waals surface area (Å²) < 4.78 is 0. The molecule has 1 atom stereocenters. The number of benzene rings is 1. The molecule has 1 aromatic rings. The number of hydrogen-bond acceptors (Lipinski definition) is 2. The van der Waals surface area contributed by atoms with Gasteiger partial charge in [0.15, 0.2) is 0 Å². The monoisotopic (exact) mass is 290 g/mol. The molecule has 0 fully saturated rings. The second-order valence-electron chi connectivity index (χ2n) is 3.95. The van der Waals surface area contributed by atoms with Crippen LogP contribution >= 0.6 is 34.8 Å². The zero-order chi connectivity index (χ0) is 12.3. The lowest BCUT2D eigenvalue weighted by molar-refractivity contribution is 0.796. The van der Waals surface area contributed by atoms with E-state index in [1.807, 2.05) is 18.2 Å². The van der Waals surface area contributed by atoms with Crippen molar-refractivity contribution in [2.75, 3.05) is 19.0 Å². The summed E-state index contributed by atoms with van der Waals surface area (Å²) in [4.78, 5) is 4.37. The third-order valence-electron chi connectivity index (χ3n) is 2.78. The first-order valence-electron chi connectivity index (χ1n) is 5.49. The fourth-order valence-electron chi connectivity index (χ4n) is 1.95. The number of aliphatic imine (C=N–C) groups is 1. The summed E-state index contributed by atoms with van der Waals surface area (Å²) in [5, 5.41) is 4.57. The molecule has 1 aromatic carbocycles. The lowest BCUT2D eigenvalue weighted by Crippen LogP contribution is -2.21. The predicted molar refractivity (Wildman–Crippen MR) is 74.8 cm³/mol. The van der Waals surface area contributed by atoms with Gasteiger partial charge in [0.05, 0.1) is 12.4 Å². The molecule has 1 heterocycles. The summed E-state index contributed by atoms with van der Waals surface area (Å²) in [5.41, 5.74) is 0.919. The third kappa shape index (κ3) is 3.06. The first-order chi connectivity index (χ1) is 8.22. The molecule has 0 spiro atoms. The molecule has 0 saturated heterocycles. The van der Waals surface area contributed by atoms with Crippen molar-refractivity contribution >= 4 is 40.6 Å². The van der Waals surface area contributed by atoms with Gasteiger partial charge in [0.1, 0.15) is 0 Å². The molecule has 0 saturated carbocycles. The fraction of sp³-hybridized carbons (Fsp3) is 0.417. The average Bonchev–Trinajstić information content (AvgIpc) is 2.80. The Balaban J connectivity index is 2.22. The number of rotatable bonds is 4. The quantitative estimate of drug-likeness (QED) is 0.840. The van der Waals surface area contributed by atoms with E-state index in [1.54, 1.807) is 0 Å². The van der Waals surface area contributed by atoms with Crippen LogP contribution in [0, 0.1) is 0 Å². The molecule has 5 heteroatoms. The highest BCUT2D eigenvalue weighted by Gasteiger charge is 2.20. The van der Waals surface area contributed by atoms with E-state index < -0.39 is 0 Å². The summed E-state index contributed by atoms with van der Waals surface area (Å²) in [5.74, 6) is 1.57. The molecule has 0 bridgehead atoms. The highest BCUT2D eigenvalue weighted by Crippen LogP contribution is 2.34. The molecule has 1 N–H and O–H groups in total. The maximum atomic E-state index is 6.19. The summed E-state index contributed by atoms with van der Waals surface area (Å²) in [7, 11) is 0. The van der Waals surface area contributed by atoms with Crippen LogP contribution in [0.5, 0.6) is 0 Å². The Morgan fingerprint density at radius 2 is 2.00 bits per heavy atom. The topological polar surface area (TPSA) is 24.4 Å². The first-order valence-corrected chi connectivity index (χ1v) is 6.78. The largest absolute Gasteiger partial charge is 0.372 e. The van der Waals surface area contributed by atoms with Crippen LogP contribution in [-0.4, -0.2) is 24.8 Å². The van der Waals surface area contributed by atoms with Gasteiger partial charge in [-0.3, -0.25) is 4.99 Å².